The summed E-state index contributed by atoms with van der Waals surface area (Å²) in [6.07, 6.45) is 0.716. The first-order valence-electron chi connectivity index (χ1n) is 12.5. The molecule has 9 nitrogen and oxygen atoms in total. The molecule has 40 heavy (non-hydrogen) atoms. The number of benzene rings is 3. The molecule has 1 aromatic heterocycles. The minimum Gasteiger partial charge on any atom is -0.478 e. The van der Waals surface area contributed by atoms with E-state index in [0.29, 0.717) is 15.6 Å². The molecule has 0 fully saturated rings. The van der Waals surface area contributed by atoms with Gasteiger partial charge in [0.25, 0.3) is 0 Å². The van der Waals surface area contributed by atoms with Gasteiger partial charge in [-0.25, -0.2) is 14.4 Å². The number of ether oxygens (including phenoxy) is 2. The second kappa shape index (κ2) is 11.9. The summed E-state index contributed by atoms with van der Waals surface area (Å²) in [5.41, 5.74) is 5.23. The van der Waals surface area contributed by atoms with E-state index in [9.17, 15) is 14.4 Å². The van der Waals surface area contributed by atoms with Gasteiger partial charge in [0.15, 0.2) is 0 Å². The summed E-state index contributed by atoms with van der Waals surface area (Å²) in [7, 11) is 0. The monoisotopic (exact) mass is 555 g/mol. The molecule has 1 heterocycles. The fraction of sp³-hybridized carbons (Fsp3) is 0.167. The van der Waals surface area contributed by atoms with Gasteiger partial charge >= 0.3 is 18.0 Å². The van der Waals surface area contributed by atoms with E-state index in [1.165, 1.54) is 29.5 Å². The van der Waals surface area contributed by atoms with Gasteiger partial charge in [-0.2, -0.15) is 0 Å². The van der Waals surface area contributed by atoms with Crippen LogP contribution in [0.3, 0.4) is 0 Å². The molecule has 0 saturated carbocycles. The topological polar surface area (TPSA) is 128 Å². The number of carboxylic acids is 1. The van der Waals surface area contributed by atoms with Crippen LogP contribution in [0.4, 0.5) is 4.79 Å². The molecular formula is C30H25N3O6S. The predicted octanol–water partition coefficient (Wildman–Crippen LogP) is 5.08. The molecule has 1 atom stereocenters. The number of nitrogens with zero attached hydrogens (tertiary/aromatic N) is 2. The summed E-state index contributed by atoms with van der Waals surface area (Å²) < 4.78 is 10.8. The minimum absolute atomic E-state index is 0.0149. The third-order valence-corrected chi connectivity index (χ3v) is 7.48. The summed E-state index contributed by atoms with van der Waals surface area (Å²) in [6.45, 7) is 3.64. The Kier molecular flexibility index (Phi) is 7.97. The lowest BCUT2D eigenvalue weighted by Crippen LogP contribution is -2.44. The lowest BCUT2D eigenvalue weighted by atomic mass is 9.98. The van der Waals surface area contributed by atoms with Crippen LogP contribution in [0, 0.1) is 0 Å². The average molecular weight is 556 g/mol. The Bertz CT molecular complexity index is 1520. The number of fused-ring (bicyclic) bond motifs is 3. The Balaban J connectivity index is 1.27. The second-order valence-corrected chi connectivity index (χ2v) is 10.1. The molecule has 5 rings (SSSR count). The quantitative estimate of drug-likeness (QED) is 0.205. The summed E-state index contributed by atoms with van der Waals surface area (Å²) in [5.74, 6) is -1.80. The average Bonchev–Trinajstić information content (AvgIpc) is 3.57. The van der Waals surface area contributed by atoms with Gasteiger partial charge in [0.05, 0.1) is 5.56 Å². The number of hydrogen-bond donors (Lipinski definition) is 2. The van der Waals surface area contributed by atoms with E-state index in [0.717, 1.165) is 22.3 Å². The molecule has 0 spiro atoms. The number of aromatic nitrogens is 2. The summed E-state index contributed by atoms with van der Waals surface area (Å²) in [4.78, 5) is 36.8. The number of carbonyl (C=O) groups is 3. The number of nitrogens with one attached hydrogen (secondary N) is 1. The van der Waals surface area contributed by atoms with Crippen molar-refractivity contribution >= 4 is 29.4 Å². The SMILES string of the molecule is C=CCOC(=O)[C@H](Cc1nnc(-c2ccc(C(=O)O)cc2)s1)NC(=O)OCC1c2ccccc2-c2ccccc21. The van der Waals surface area contributed by atoms with Crippen molar-refractivity contribution in [2.24, 2.45) is 0 Å². The van der Waals surface area contributed by atoms with Gasteiger partial charge in [-0.15, -0.1) is 10.2 Å². The fourth-order valence-corrected chi connectivity index (χ4v) is 5.49. The second-order valence-electron chi connectivity index (χ2n) is 9.03. The molecule has 10 heteroatoms. The van der Waals surface area contributed by atoms with Crippen molar-refractivity contribution in [1.29, 1.82) is 0 Å². The van der Waals surface area contributed by atoms with Crippen molar-refractivity contribution in [1.82, 2.24) is 15.5 Å². The third kappa shape index (κ3) is 5.76. The van der Waals surface area contributed by atoms with Gasteiger partial charge < -0.3 is 19.9 Å². The zero-order valence-electron chi connectivity index (χ0n) is 21.3. The molecule has 0 aliphatic heterocycles. The van der Waals surface area contributed by atoms with E-state index >= 15 is 0 Å². The summed E-state index contributed by atoms with van der Waals surface area (Å²) in [6, 6.07) is 21.2. The molecule has 0 bridgehead atoms. The van der Waals surface area contributed by atoms with Crippen LogP contribution in [0.25, 0.3) is 21.7 Å². The standard InChI is InChI=1S/C30H25N3O6S/c1-2-15-38-29(36)25(16-26-32-33-27(40-26)18-11-13-19(14-12-18)28(34)35)31-30(37)39-17-24-22-9-5-3-7-20(22)21-8-4-6-10-23(21)24/h2-14,24-25H,1,15-17H2,(H,31,37)(H,34,35)/t25-/m0/s1. The first-order valence-corrected chi connectivity index (χ1v) is 13.3. The normalized spacial score (nSPS) is 12.6. The van der Waals surface area contributed by atoms with Crippen molar-refractivity contribution in [2.45, 2.75) is 18.4 Å². The van der Waals surface area contributed by atoms with E-state index in [-0.39, 0.29) is 31.1 Å². The van der Waals surface area contributed by atoms with Crippen LogP contribution < -0.4 is 5.32 Å². The minimum atomic E-state index is -1.06. The van der Waals surface area contributed by atoms with Gasteiger partial charge in [-0.05, 0) is 34.4 Å². The van der Waals surface area contributed by atoms with E-state index in [1.807, 2.05) is 36.4 Å². The van der Waals surface area contributed by atoms with Crippen LogP contribution in [0.2, 0.25) is 0 Å². The highest BCUT2D eigenvalue weighted by Gasteiger charge is 2.30. The van der Waals surface area contributed by atoms with Crippen LogP contribution in [-0.4, -0.2) is 52.6 Å². The Morgan fingerprint density at radius 1 is 0.950 bits per heavy atom. The molecule has 0 unspecified atom stereocenters. The predicted molar refractivity (Wildman–Crippen MR) is 149 cm³/mol. The van der Waals surface area contributed by atoms with Crippen LogP contribution in [0.15, 0.2) is 85.5 Å². The van der Waals surface area contributed by atoms with E-state index in [1.54, 1.807) is 12.1 Å². The van der Waals surface area contributed by atoms with Crippen molar-refractivity contribution in [3.8, 4) is 21.7 Å². The summed E-state index contributed by atoms with van der Waals surface area (Å²) in [5, 5.41) is 21.1. The maximum absolute atomic E-state index is 12.9. The summed E-state index contributed by atoms with van der Waals surface area (Å²) >= 11 is 1.23. The highest BCUT2D eigenvalue weighted by Crippen LogP contribution is 2.44. The van der Waals surface area contributed by atoms with Crippen molar-refractivity contribution < 1.29 is 29.0 Å². The Morgan fingerprint density at radius 2 is 1.60 bits per heavy atom. The maximum atomic E-state index is 12.9. The number of carbonyl (C=O) groups excluding carboxylic acids is 2. The Labute approximate surface area is 234 Å². The Morgan fingerprint density at radius 3 is 2.23 bits per heavy atom. The molecule has 0 saturated heterocycles. The molecule has 202 valence electrons. The largest absolute Gasteiger partial charge is 0.478 e. The smallest absolute Gasteiger partial charge is 0.407 e. The molecule has 0 radical (unpaired) electrons. The fourth-order valence-electron chi connectivity index (χ4n) is 4.60. The van der Waals surface area contributed by atoms with Gasteiger partial charge in [-0.1, -0.05) is 84.7 Å². The number of aromatic carboxylic acids is 1. The number of alkyl carbamates (subject to hydrolysis) is 1. The van der Waals surface area contributed by atoms with Gasteiger partial charge in [0.1, 0.15) is 29.3 Å². The van der Waals surface area contributed by atoms with E-state index < -0.39 is 24.1 Å². The van der Waals surface area contributed by atoms with Crippen LogP contribution in [0.1, 0.15) is 32.4 Å². The zero-order chi connectivity index (χ0) is 28.1. The highest BCUT2D eigenvalue weighted by molar-refractivity contribution is 7.14. The highest BCUT2D eigenvalue weighted by atomic mass is 32.1. The van der Waals surface area contributed by atoms with Crippen LogP contribution in [0.5, 0.6) is 0 Å². The van der Waals surface area contributed by atoms with Crippen molar-refractivity contribution in [3.63, 3.8) is 0 Å². The van der Waals surface area contributed by atoms with Crippen molar-refractivity contribution in [3.05, 3.63) is 107 Å². The lowest BCUT2D eigenvalue weighted by molar-refractivity contribution is -0.144. The van der Waals surface area contributed by atoms with E-state index in [2.05, 4.69) is 34.2 Å². The third-order valence-electron chi connectivity index (χ3n) is 6.49. The first-order chi connectivity index (χ1) is 19.4. The molecule has 4 aromatic rings. The first kappa shape index (κ1) is 26.8. The maximum Gasteiger partial charge on any atom is 0.407 e. The Hall–Kier alpha value is -4.83. The van der Waals surface area contributed by atoms with Crippen molar-refractivity contribution in [2.75, 3.05) is 13.2 Å². The molecule has 2 N–H and O–H groups in total. The zero-order valence-corrected chi connectivity index (χ0v) is 22.1. The molecule has 3 aromatic carbocycles. The number of esters is 1. The molecule has 1 aliphatic rings. The number of carboxylic acid groups (broad SMARTS) is 1. The van der Waals surface area contributed by atoms with Crippen LogP contribution >= 0.6 is 11.3 Å². The van der Waals surface area contributed by atoms with Gasteiger partial charge in [0.2, 0.25) is 0 Å². The van der Waals surface area contributed by atoms with Gasteiger partial charge in [-0.3, -0.25) is 0 Å². The lowest BCUT2D eigenvalue weighted by Gasteiger charge is -2.18. The molecular weight excluding hydrogens is 530 g/mol. The molecule has 1 aliphatic carbocycles. The number of amides is 1. The van der Waals surface area contributed by atoms with Crippen LogP contribution in [-0.2, 0) is 20.7 Å². The molecule has 1 amide bonds. The van der Waals surface area contributed by atoms with E-state index in [4.69, 9.17) is 14.6 Å². The number of rotatable bonds is 10. The van der Waals surface area contributed by atoms with Gasteiger partial charge in [0, 0.05) is 17.9 Å². The number of hydrogen-bond acceptors (Lipinski definition) is 8.